The zero-order valence-corrected chi connectivity index (χ0v) is 34.9. The summed E-state index contributed by atoms with van der Waals surface area (Å²) < 4.78 is 34.1. The van der Waals surface area contributed by atoms with Crippen LogP contribution in [0.3, 0.4) is 0 Å². The van der Waals surface area contributed by atoms with E-state index >= 15 is 0 Å². The molecular formula is C42H79NO8P+. The van der Waals surface area contributed by atoms with Crippen LogP contribution < -0.4 is 0 Å². The van der Waals surface area contributed by atoms with Gasteiger partial charge in [-0.2, -0.15) is 0 Å². The molecule has 10 heteroatoms. The average Bonchev–Trinajstić information content (AvgIpc) is 3.09. The molecule has 0 heterocycles. The maximum atomic E-state index is 12.6. The smallest absolute Gasteiger partial charge is 0.462 e. The summed E-state index contributed by atoms with van der Waals surface area (Å²) in [6.07, 6.45) is 37.7. The molecule has 0 aromatic rings. The van der Waals surface area contributed by atoms with Crippen molar-refractivity contribution < 1.29 is 42.1 Å². The highest BCUT2D eigenvalue weighted by atomic mass is 31.2. The Morgan fingerprint density at radius 1 is 0.596 bits per heavy atom. The fourth-order valence-corrected chi connectivity index (χ4v) is 6.12. The Hall–Kier alpha value is -1.77. The number of carbonyl (C=O) groups excluding carboxylic acids is 2. The molecule has 0 saturated carbocycles. The molecule has 9 nitrogen and oxygen atoms in total. The number of likely N-dealkylation sites (N-methyl/N-ethyl adjacent to an activating group) is 1. The monoisotopic (exact) mass is 757 g/mol. The number of hydrogen-bond acceptors (Lipinski definition) is 7. The van der Waals surface area contributed by atoms with Gasteiger partial charge in [-0.1, -0.05) is 147 Å². The molecule has 0 fully saturated rings. The molecule has 304 valence electrons. The number of ether oxygens (including phenoxy) is 2. The Morgan fingerprint density at radius 2 is 1.06 bits per heavy atom. The van der Waals surface area contributed by atoms with Gasteiger partial charge in [0.1, 0.15) is 19.8 Å². The van der Waals surface area contributed by atoms with Gasteiger partial charge >= 0.3 is 19.8 Å². The molecule has 0 radical (unpaired) electrons. The van der Waals surface area contributed by atoms with Crippen LogP contribution in [0.1, 0.15) is 168 Å². The van der Waals surface area contributed by atoms with Crippen molar-refractivity contribution in [1.29, 1.82) is 0 Å². The summed E-state index contributed by atoms with van der Waals surface area (Å²) in [5.74, 6) is -0.860. The van der Waals surface area contributed by atoms with E-state index in [9.17, 15) is 19.0 Å². The van der Waals surface area contributed by atoms with Gasteiger partial charge in [0.05, 0.1) is 27.7 Å². The molecule has 0 aliphatic heterocycles. The van der Waals surface area contributed by atoms with Crippen molar-refractivity contribution in [2.75, 3.05) is 47.5 Å². The summed E-state index contributed by atoms with van der Waals surface area (Å²) in [4.78, 5) is 35.2. The van der Waals surface area contributed by atoms with E-state index in [1.807, 2.05) is 21.1 Å². The van der Waals surface area contributed by atoms with Crippen LogP contribution in [-0.2, 0) is 32.7 Å². The summed E-state index contributed by atoms with van der Waals surface area (Å²) in [5.41, 5.74) is 0. The molecule has 0 spiro atoms. The second-order valence-corrected chi connectivity index (χ2v) is 16.5. The van der Waals surface area contributed by atoms with E-state index in [0.29, 0.717) is 17.4 Å². The van der Waals surface area contributed by atoms with Crippen molar-refractivity contribution in [2.24, 2.45) is 0 Å². The Kier molecular flexibility index (Phi) is 33.8. The number of phosphoric ester groups is 1. The molecule has 0 aliphatic rings. The molecule has 52 heavy (non-hydrogen) atoms. The second kappa shape index (κ2) is 35.0. The summed E-state index contributed by atoms with van der Waals surface area (Å²) in [5, 5.41) is 0. The van der Waals surface area contributed by atoms with Crippen molar-refractivity contribution in [3.05, 3.63) is 36.5 Å². The third-order valence-corrected chi connectivity index (χ3v) is 9.66. The van der Waals surface area contributed by atoms with Gasteiger partial charge < -0.3 is 18.9 Å². The van der Waals surface area contributed by atoms with Crippen molar-refractivity contribution in [3.63, 3.8) is 0 Å². The molecule has 2 atom stereocenters. The SMILES string of the molecule is CCCCCCCC/C=C/C/C=C/C/C=C/CCCC(=O)O[C@H](COC(=O)CCCCCCCCCCCCC)COP(=O)(O)OCC[N+](C)(C)C. The van der Waals surface area contributed by atoms with Crippen molar-refractivity contribution in [1.82, 2.24) is 0 Å². The van der Waals surface area contributed by atoms with Crippen LogP contribution in [0.15, 0.2) is 36.5 Å². The van der Waals surface area contributed by atoms with Gasteiger partial charge in [0.15, 0.2) is 6.10 Å². The van der Waals surface area contributed by atoms with Gasteiger partial charge in [-0.3, -0.25) is 18.6 Å². The summed E-state index contributed by atoms with van der Waals surface area (Å²) in [6, 6.07) is 0. The first-order valence-electron chi connectivity index (χ1n) is 20.7. The first-order chi connectivity index (χ1) is 25.0. The topological polar surface area (TPSA) is 108 Å². The lowest BCUT2D eigenvalue weighted by Gasteiger charge is -2.24. The highest BCUT2D eigenvalue weighted by Crippen LogP contribution is 2.43. The number of quaternary nitrogens is 1. The number of hydrogen-bond donors (Lipinski definition) is 1. The minimum atomic E-state index is -4.38. The van der Waals surface area contributed by atoms with Gasteiger partial charge in [0, 0.05) is 12.8 Å². The molecule has 0 aliphatic carbocycles. The predicted octanol–water partition coefficient (Wildman–Crippen LogP) is 11.4. The van der Waals surface area contributed by atoms with E-state index in [1.165, 1.54) is 89.9 Å². The van der Waals surface area contributed by atoms with Crippen LogP contribution in [0, 0.1) is 0 Å². The molecule has 0 amide bonds. The van der Waals surface area contributed by atoms with E-state index in [0.717, 1.165) is 44.9 Å². The van der Waals surface area contributed by atoms with Crippen molar-refractivity contribution in [3.8, 4) is 0 Å². The maximum Gasteiger partial charge on any atom is 0.472 e. The first-order valence-corrected chi connectivity index (χ1v) is 22.2. The number of allylic oxidation sites excluding steroid dienone is 6. The van der Waals surface area contributed by atoms with E-state index in [1.54, 1.807) is 0 Å². The van der Waals surface area contributed by atoms with E-state index < -0.39 is 26.5 Å². The molecule has 0 bridgehead atoms. The van der Waals surface area contributed by atoms with Gasteiger partial charge in [0.25, 0.3) is 0 Å². The van der Waals surface area contributed by atoms with Gasteiger partial charge in [-0.25, -0.2) is 4.57 Å². The lowest BCUT2D eigenvalue weighted by Crippen LogP contribution is -2.37. The normalized spacial score (nSPS) is 14.0. The Morgan fingerprint density at radius 3 is 1.60 bits per heavy atom. The fourth-order valence-electron chi connectivity index (χ4n) is 5.38. The first kappa shape index (κ1) is 50.2. The summed E-state index contributed by atoms with van der Waals surface area (Å²) in [6.45, 7) is 4.34. The maximum absolute atomic E-state index is 12.6. The second-order valence-electron chi connectivity index (χ2n) is 15.0. The molecule has 0 aromatic heterocycles. The molecule has 0 rings (SSSR count). The summed E-state index contributed by atoms with van der Waals surface area (Å²) >= 11 is 0. The minimum absolute atomic E-state index is 0.0232. The number of unbranched alkanes of at least 4 members (excludes halogenated alkanes) is 17. The molecule has 0 saturated heterocycles. The van der Waals surface area contributed by atoms with Crippen LogP contribution in [0.25, 0.3) is 0 Å². The standard InChI is InChI=1S/C42H78NO8P/c1-6-8-10-12-14-16-18-19-20-21-22-23-25-27-29-31-33-35-42(45)51-40(39-50-52(46,47)49-37-36-43(3,4)5)38-48-41(44)34-32-30-28-26-24-17-15-13-11-9-7-2/h19-20,22-23,27,29,40H,6-18,21,24-26,28,30-39H2,1-5H3/p+1/b20-19+,23-22+,29-27+/t40-/m1/s1. The Bertz CT molecular complexity index is 991. The average molecular weight is 757 g/mol. The lowest BCUT2D eigenvalue weighted by molar-refractivity contribution is -0.870. The molecule has 0 aromatic carbocycles. The highest BCUT2D eigenvalue weighted by molar-refractivity contribution is 7.47. The van der Waals surface area contributed by atoms with Crippen LogP contribution in [-0.4, -0.2) is 74.9 Å². The third kappa shape index (κ3) is 38.0. The summed E-state index contributed by atoms with van der Waals surface area (Å²) in [7, 11) is 1.45. The van der Waals surface area contributed by atoms with E-state index in [2.05, 4.69) is 50.3 Å². The zero-order chi connectivity index (χ0) is 38.6. The number of nitrogens with zero attached hydrogens (tertiary/aromatic N) is 1. The number of carbonyl (C=O) groups is 2. The quantitative estimate of drug-likeness (QED) is 0.0219. The zero-order valence-electron chi connectivity index (χ0n) is 34.0. The van der Waals surface area contributed by atoms with Crippen LogP contribution in [0.2, 0.25) is 0 Å². The van der Waals surface area contributed by atoms with E-state index in [-0.39, 0.29) is 32.0 Å². The van der Waals surface area contributed by atoms with Crippen molar-refractivity contribution in [2.45, 2.75) is 174 Å². The van der Waals surface area contributed by atoms with Crippen LogP contribution in [0.4, 0.5) is 0 Å². The third-order valence-electron chi connectivity index (χ3n) is 8.67. The largest absolute Gasteiger partial charge is 0.472 e. The van der Waals surface area contributed by atoms with Crippen LogP contribution in [0.5, 0.6) is 0 Å². The molecule has 1 N–H and O–H groups in total. The number of esters is 2. The predicted molar refractivity (Wildman–Crippen MR) is 215 cm³/mol. The lowest BCUT2D eigenvalue weighted by atomic mass is 10.1. The van der Waals surface area contributed by atoms with Gasteiger partial charge in [-0.05, 0) is 44.9 Å². The number of rotatable bonds is 37. The fraction of sp³-hybridized carbons (Fsp3) is 0.810. The van der Waals surface area contributed by atoms with Crippen LogP contribution >= 0.6 is 7.82 Å². The molecule has 1 unspecified atom stereocenters. The Labute approximate surface area is 319 Å². The number of phosphoric acid groups is 1. The van der Waals surface area contributed by atoms with Crippen molar-refractivity contribution >= 4 is 19.8 Å². The van der Waals surface area contributed by atoms with Gasteiger partial charge in [0.2, 0.25) is 0 Å². The Balaban J connectivity index is 4.48. The highest BCUT2D eigenvalue weighted by Gasteiger charge is 2.27. The minimum Gasteiger partial charge on any atom is -0.462 e. The molecular weight excluding hydrogens is 677 g/mol. The van der Waals surface area contributed by atoms with E-state index in [4.69, 9.17) is 18.5 Å². The van der Waals surface area contributed by atoms with Gasteiger partial charge in [-0.15, -0.1) is 0 Å².